The molecule has 0 saturated carbocycles. The van der Waals surface area contributed by atoms with Gasteiger partial charge in [-0.2, -0.15) is 0 Å². The van der Waals surface area contributed by atoms with Crippen LogP contribution in [0.25, 0.3) is 10.8 Å². The molecule has 2 N–H and O–H groups in total. The molecule has 1 aliphatic carbocycles. The van der Waals surface area contributed by atoms with E-state index in [1.165, 1.54) is 0 Å². The van der Waals surface area contributed by atoms with Crippen molar-refractivity contribution in [2.45, 2.75) is 5.92 Å². The van der Waals surface area contributed by atoms with E-state index in [0.717, 1.165) is 27.5 Å². The maximum Gasteiger partial charge on any atom is 0.101 e. The van der Waals surface area contributed by atoms with Crippen molar-refractivity contribution in [2.75, 3.05) is 0 Å². The molecule has 3 aromatic carbocycles. The first-order valence-corrected chi connectivity index (χ1v) is 7.36. The van der Waals surface area contributed by atoms with E-state index < -0.39 is 5.92 Å². The standard InChI is InChI=1S/C19H14N2O2/c22-20-18-15-9-3-4-10-16(15)19(21-23)17(18)14-11-5-7-12-6-1-2-8-13(12)14/h1-11,17,22-23H. The van der Waals surface area contributed by atoms with E-state index in [1.54, 1.807) is 0 Å². The van der Waals surface area contributed by atoms with E-state index in [-0.39, 0.29) is 0 Å². The van der Waals surface area contributed by atoms with E-state index in [4.69, 9.17) is 0 Å². The van der Waals surface area contributed by atoms with Crippen molar-refractivity contribution < 1.29 is 10.4 Å². The molecule has 0 heterocycles. The van der Waals surface area contributed by atoms with Gasteiger partial charge in [0.1, 0.15) is 11.4 Å². The fraction of sp³-hybridized carbons (Fsp3) is 0.0526. The summed E-state index contributed by atoms with van der Waals surface area (Å²) in [4.78, 5) is 0. The predicted octanol–water partition coefficient (Wildman–Crippen LogP) is 3.99. The lowest BCUT2D eigenvalue weighted by Crippen LogP contribution is -2.15. The smallest absolute Gasteiger partial charge is 0.101 e. The molecule has 0 amide bonds. The topological polar surface area (TPSA) is 65.2 Å². The molecule has 4 nitrogen and oxygen atoms in total. The van der Waals surface area contributed by atoms with Crippen molar-refractivity contribution in [2.24, 2.45) is 10.3 Å². The molecule has 3 aromatic rings. The van der Waals surface area contributed by atoms with Crippen LogP contribution in [0.15, 0.2) is 77.0 Å². The van der Waals surface area contributed by atoms with Gasteiger partial charge in [0.2, 0.25) is 0 Å². The van der Waals surface area contributed by atoms with E-state index in [1.807, 2.05) is 66.7 Å². The first-order chi connectivity index (χ1) is 11.3. The molecular weight excluding hydrogens is 288 g/mol. The molecule has 1 aliphatic rings. The van der Waals surface area contributed by atoms with E-state index in [2.05, 4.69) is 10.3 Å². The monoisotopic (exact) mass is 302 g/mol. The number of hydrogen-bond donors (Lipinski definition) is 2. The highest BCUT2D eigenvalue weighted by molar-refractivity contribution is 6.33. The quantitative estimate of drug-likeness (QED) is 0.527. The molecule has 0 radical (unpaired) electrons. The molecule has 0 fully saturated rings. The van der Waals surface area contributed by atoms with Gasteiger partial charge in [-0.25, -0.2) is 0 Å². The first-order valence-electron chi connectivity index (χ1n) is 7.36. The Hall–Kier alpha value is -3.14. The average Bonchev–Trinajstić information content (AvgIpc) is 2.94. The van der Waals surface area contributed by atoms with E-state index in [0.29, 0.717) is 11.4 Å². The molecule has 0 bridgehead atoms. The van der Waals surface area contributed by atoms with Gasteiger partial charge in [0.05, 0.1) is 5.92 Å². The summed E-state index contributed by atoms with van der Waals surface area (Å²) in [5.74, 6) is -0.395. The van der Waals surface area contributed by atoms with Crippen LogP contribution in [0.3, 0.4) is 0 Å². The van der Waals surface area contributed by atoms with Crippen LogP contribution in [0.4, 0.5) is 0 Å². The van der Waals surface area contributed by atoms with Gasteiger partial charge < -0.3 is 10.4 Å². The van der Waals surface area contributed by atoms with Crippen molar-refractivity contribution in [3.63, 3.8) is 0 Å². The van der Waals surface area contributed by atoms with Gasteiger partial charge in [-0.15, -0.1) is 0 Å². The van der Waals surface area contributed by atoms with Crippen molar-refractivity contribution in [1.29, 1.82) is 0 Å². The van der Waals surface area contributed by atoms with Crippen LogP contribution >= 0.6 is 0 Å². The molecule has 4 rings (SSSR count). The maximum atomic E-state index is 9.58. The third-order valence-electron chi connectivity index (χ3n) is 4.38. The zero-order chi connectivity index (χ0) is 15.8. The second-order valence-corrected chi connectivity index (χ2v) is 5.52. The summed E-state index contributed by atoms with van der Waals surface area (Å²) in [7, 11) is 0. The number of hydrogen-bond acceptors (Lipinski definition) is 4. The van der Waals surface area contributed by atoms with Crippen LogP contribution in [-0.4, -0.2) is 21.8 Å². The minimum absolute atomic E-state index is 0.395. The van der Waals surface area contributed by atoms with Crippen LogP contribution in [0.2, 0.25) is 0 Å². The van der Waals surface area contributed by atoms with Gasteiger partial charge in [-0.1, -0.05) is 77.0 Å². The van der Waals surface area contributed by atoms with Gasteiger partial charge in [0, 0.05) is 11.1 Å². The lowest BCUT2D eigenvalue weighted by atomic mass is 9.89. The number of benzene rings is 3. The minimum Gasteiger partial charge on any atom is -0.411 e. The predicted molar refractivity (Wildman–Crippen MR) is 89.8 cm³/mol. The molecular formula is C19H14N2O2. The highest BCUT2D eigenvalue weighted by atomic mass is 16.4. The van der Waals surface area contributed by atoms with E-state index in [9.17, 15) is 10.4 Å². The Morgan fingerprint density at radius 1 is 0.652 bits per heavy atom. The van der Waals surface area contributed by atoms with Gasteiger partial charge in [-0.05, 0) is 16.3 Å². The van der Waals surface area contributed by atoms with Crippen molar-refractivity contribution in [3.8, 4) is 0 Å². The third-order valence-corrected chi connectivity index (χ3v) is 4.38. The maximum absolute atomic E-state index is 9.58. The molecule has 0 unspecified atom stereocenters. The Morgan fingerprint density at radius 3 is 1.87 bits per heavy atom. The van der Waals surface area contributed by atoms with Crippen molar-refractivity contribution in [1.82, 2.24) is 0 Å². The number of nitrogens with zero attached hydrogens (tertiary/aromatic N) is 2. The van der Waals surface area contributed by atoms with Crippen LogP contribution in [0.5, 0.6) is 0 Å². The zero-order valence-corrected chi connectivity index (χ0v) is 12.2. The van der Waals surface area contributed by atoms with Gasteiger partial charge in [0.15, 0.2) is 0 Å². The summed E-state index contributed by atoms with van der Waals surface area (Å²) < 4.78 is 0. The fourth-order valence-electron chi connectivity index (χ4n) is 3.39. The third kappa shape index (κ3) is 1.92. The van der Waals surface area contributed by atoms with Crippen molar-refractivity contribution in [3.05, 3.63) is 83.4 Å². The summed E-state index contributed by atoms with van der Waals surface area (Å²) >= 11 is 0. The van der Waals surface area contributed by atoms with Gasteiger partial charge in [-0.3, -0.25) is 0 Å². The Labute approximate surface area is 133 Å². The Balaban J connectivity index is 2.02. The fourth-order valence-corrected chi connectivity index (χ4v) is 3.39. The largest absolute Gasteiger partial charge is 0.411 e. The zero-order valence-electron chi connectivity index (χ0n) is 12.2. The molecule has 112 valence electrons. The van der Waals surface area contributed by atoms with Crippen LogP contribution < -0.4 is 0 Å². The lowest BCUT2D eigenvalue weighted by Gasteiger charge is -2.14. The Kier molecular flexibility index (Phi) is 3.08. The highest BCUT2D eigenvalue weighted by Gasteiger charge is 2.37. The normalized spacial score (nSPS) is 20.3. The summed E-state index contributed by atoms with van der Waals surface area (Å²) in [6, 6.07) is 21.5. The van der Waals surface area contributed by atoms with Gasteiger partial charge >= 0.3 is 0 Å². The Morgan fingerprint density at radius 2 is 1.22 bits per heavy atom. The first kappa shape index (κ1) is 13.5. The number of fused-ring (bicyclic) bond motifs is 2. The summed E-state index contributed by atoms with van der Waals surface area (Å²) in [5, 5.41) is 28.3. The molecule has 23 heavy (non-hydrogen) atoms. The molecule has 0 saturated heterocycles. The van der Waals surface area contributed by atoms with E-state index >= 15 is 0 Å². The molecule has 0 aliphatic heterocycles. The van der Waals surface area contributed by atoms with Crippen LogP contribution in [0.1, 0.15) is 22.6 Å². The van der Waals surface area contributed by atoms with Crippen LogP contribution in [-0.2, 0) is 0 Å². The minimum atomic E-state index is -0.395. The summed E-state index contributed by atoms with van der Waals surface area (Å²) in [5.41, 5.74) is 3.55. The molecule has 0 aromatic heterocycles. The average molecular weight is 302 g/mol. The second-order valence-electron chi connectivity index (χ2n) is 5.52. The number of oxime groups is 2. The molecule has 0 spiro atoms. The SMILES string of the molecule is ON=C1c2ccccc2C(=NO)C1c1cccc2ccccc12. The molecule has 4 heteroatoms. The summed E-state index contributed by atoms with van der Waals surface area (Å²) in [6.07, 6.45) is 0. The lowest BCUT2D eigenvalue weighted by molar-refractivity contribution is 0.315. The van der Waals surface area contributed by atoms with Crippen LogP contribution in [0, 0.1) is 0 Å². The van der Waals surface area contributed by atoms with Crippen molar-refractivity contribution >= 4 is 22.2 Å². The second kappa shape index (κ2) is 5.25. The van der Waals surface area contributed by atoms with Gasteiger partial charge in [0.25, 0.3) is 0 Å². The highest BCUT2D eigenvalue weighted by Crippen LogP contribution is 2.38. The molecule has 0 atom stereocenters. The Bertz CT molecular complexity index is 916. The summed E-state index contributed by atoms with van der Waals surface area (Å²) in [6.45, 7) is 0. The number of rotatable bonds is 1.